The zero-order chi connectivity index (χ0) is 17.5. The first kappa shape index (κ1) is 18.1. The van der Waals surface area contributed by atoms with E-state index < -0.39 is 6.29 Å². The number of ether oxygens (including phenoxy) is 2. The number of hydrogen-bond donors (Lipinski definition) is 0. The van der Waals surface area contributed by atoms with Crippen LogP contribution in [-0.4, -0.2) is 12.1 Å². The largest absolute Gasteiger partial charge is 0.344 e. The molecule has 0 aliphatic heterocycles. The lowest BCUT2D eigenvalue weighted by atomic mass is 9.98. The summed E-state index contributed by atoms with van der Waals surface area (Å²) in [5.41, 5.74) is 3.06. The van der Waals surface area contributed by atoms with Gasteiger partial charge in [-0.05, 0) is 39.9 Å². The van der Waals surface area contributed by atoms with Crippen LogP contribution in [0.25, 0.3) is 0 Å². The summed E-state index contributed by atoms with van der Waals surface area (Å²) in [6.07, 6.45) is 1.69. The first-order valence-corrected chi connectivity index (χ1v) is 9.26. The molecule has 0 radical (unpaired) electrons. The third-order valence-corrected chi connectivity index (χ3v) is 5.10. The highest BCUT2D eigenvalue weighted by Crippen LogP contribution is 2.31. The third-order valence-electron chi connectivity index (χ3n) is 4.15. The van der Waals surface area contributed by atoms with Crippen LogP contribution in [0.2, 0.25) is 0 Å². The Morgan fingerprint density at radius 2 is 1.36 bits per heavy atom. The van der Waals surface area contributed by atoms with Gasteiger partial charge in [0, 0.05) is 12.0 Å². The predicted octanol–water partition coefficient (Wildman–Crippen LogP) is 5.15. The van der Waals surface area contributed by atoms with Crippen LogP contribution < -0.4 is 0 Å². The SMILES string of the molecule is O=C1CCCC(C(OCc2ccccc2)OCc2ccccc2)=C1Br. The molecule has 0 saturated carbocycles. The van der Waals surface area contributed by atoms with Gasteiger partial charge in [0.05, 0.1) is 17.7 Å². The van der Waals surface area contributed by atoms with E-state index in [1.165, 1.54) is 0 Å². The molecule has 4 heteroatoms. The minimum absolute atomic E-state index is 0.123. The fraction of sp³-hybridized carbons (Fsp3) is 0.286. The van der Waals surface area contributed by atoms with Gasteiger partial charge >= 0.3 is 0 Å². The lowest BCUT2D eigenvalue weighted by Gasteiger charge is -2.25. The van der Waals surface area contributed by atoms with Crippen molar-refractivity contribution in [1.82, 2.24) is 0 Å². The average Bonchev–Trinajstić information content (AvgIpc) is 2.66. The molecule has 1 aliphatic rings. The van der Waals surface area contributed by atoms with Crippen LogP contribution in [0, 0.1) is 0 Å². The predicted molar refractivity (Wildman–Crippen MR) is 101 cm³/mol. The van der Waals surface area contributed by atoms with E-state index in [1.807, 2.05) is 60.7 Å². The van der Waals surface area contributed by atoms with E-state index in [9.17, 15) is 4.79 Å². The maximum Gasteiger partial charge on any atom is 0.182 e. The second-order valence-corrected chi connectivity index (χ2v) is 6.83. The van der Waals surface area contributed by atoms with Crippen LogP contribution in [0.15, 0.2) is 70.7 Å². The van der Waals surface area contributed by atoms with E-state index >= 15 is 0 Å². The molecule has 0 heterocycles. The summed E-state index contributed by atoms with van der Waals surface area (Å²) in [5.74, 6) is 0.123. The van der Waals surface area contributed by atoms with Crippen molar-refractivity contribution in [2.45, 2.75) is 38.8 Å². The number of carbonyl (C=O) groups is 1. The smallest absolute Gasteiger partial charge is 0.182 e. The molecule has 0 aromatic heterocycles. The van der Waals surface area contributed by atoms with Crippen molar-refractivity contribution in [2.24, 2.45) is 0 Å². The summed E-state index contributed by atoms with van der Waals surface area (Å²) in [6.45, 7) is 0.885. The van der Waals surface area contributed by atoms with Crippen LogP contribution in [0.1, 0.15) is 30.4 Å². The van der Waals surface area contributed by atoms with E-state index in [4.69, 9.17) is 9.47 Å². The van der Waals surface area contributed by atoms with Gasteiger partial charge in [-0.15, -0.1) is 0 Å². The maximum atomic E-state index is 12.0. The molecule has 130 valence electrons. The maximum absolute atomic E-state index is 12.0. The van der Waals surface area contributed by atoms with E-state index in [-0.39, 0.29) is 5.78 Å². The summed E-state index contributed by atoms with van der Waals surface area (Å²) >= 11 is 3.44. The fourth-order valence-corrected chi connectivity index (χ4v) is 3.38. The number of ketones is 1. The number of allylic oxidation sites excluding steroid dienone is 1. The van der Waals surface area contributed by atoms with E-state index in [2.05, 4.69) is 15.9 Å². The molecule has 3 rings (SSSR count). The summed E-state index contributed by atoms with van der Waals surface area (Å²) in [5, 5.41) is 0. The summed E-state index contributed by atoms with van der Waals surface area (Å²) in [7, 11) is 0. The van der Waals surface area contributed by atoms with E-state index in [0.717, 1.165) is 29.5 Å². The zero-order valence-electron chi connectivity index (χ0n) is 14.0. The van der Waals surface area contributed by atoms with Gasteiger partial charge in [0.2, 0.25) is 0 Å². The molecule has 0 spiro atoms. The van der Waals surface area contributed by atoms with Gasteiger partial charge in [0.15, 0.2) is 12.1 Å². The van der Waals surface area contributed by atoms with Gasteiger partial charge in [0.25, 0.3) is 0 Å². The average molecular weight is 401 g/mol. The Balaban J connectivity index is 1.73. The van der Waals surface area contributed by atoms with Crippen molar-refractivity contribution in [3.8, 4) is 0 Å². The molecular weight excluding hydrogens is 380 g/mol. The Morgan fingerprint density at radius 3 is 1.88 bits per heavy atom. The highest BCUT2D eigenvalue weighted by molar-refractivity contribution is 9.12. The number of Topliss-reactive ketones (excluding diaryl/α,β-unsaturated/α-hetero) is 1. The van der Waals surface area contributed by atoms with Crippen LogP contribution in [-0.2, 0) is 27.5 Å². The normalized spacial score (nSPS) is 15.0. The molecule has 2 aromatic carbocycles. The van der Waals surface area contributed by atoms with Crippen LogP contribution >= 0.6 is 15.9 Å². The molecule has 0 fully saturated rings. The molecule has 0 saturated heterocycles. The van der Waals surface area contributed by atoms with Gasteiger partial charge in [-0.1, -0.05) is 60.7 Å². The fourth-order valence-electron chi connectivity index (χ4n) is 2.80. The Bertz CT molecular complexity index is 682. The lowest BCUT2D eigenvalue weighted by Crippen LogP contribution is -2.24. The van der Waals surface area contributed by atoms with Gasteiger partial charge in [0.1, 0.15) is 0 Å². The second-order valence-electron chi connectivity index (χ2n) is 6.04. The Morgan fingerprint density at radius 1 is 0.840 bits per heavy atom. The quantitative estimate of drug-likeness (QED) is 0.602. The topological polar surface area (TPSA) is 35.5 Å². The highest BCUT2D eigenvalue weighted by Gasteiger charge is 2.26. The van der Waals surface area contributed by atoms with Crippen molar-refractivity contribution >= 4 is 21.7 Å². The first-order chi connectivity index (χ1) is 12.2. The number of hydrogen-bond acceptors (Lipinski definition) is 3. The monoisotopic (exact) mass is 400 g/mol. The molecule has 0 bridgehead atoms. The zero-order valence-corrected chi connectivity index (χ0v) is 15.6. The molecule has 2 aromatic rings. The van der Waals surface area contributed by atoms with Crippen molar-refractivity contribution in [3.05, 3.63) is 81.8 Å². The molecule has 0 atom stereocenters. The number of rotatable bonds is 7. The van der Waals surface area contributed by atoms with Gasteiger partial charge < -0.3 is 9.47 Å². The Kier molecular flexibility index (Phi) is 6.56. The molecule has 3 nitrogen and oxygen atoms in total. The van der Waals surface area contributed by atoms with E-state index in [1.54, 1.807) is 0 Å². The number of carbonyl (C=O) groups excluding carboxylic acids is 1. The molecular formula is C21H21BrO3. The Hall–Kier alpha value is -1.75. The van der Waals surface area contributed by atoms with Crippen LogP contribution in [0.5, 0.6) is 0 Å². The Labute approximate surface area is 156 Å². The molecule has 0 unspecified atom stereocenters. The number of benzene rings is 2. The van der Waals surface area contributed by atoms with E-state index in [0.29, 0.717) is 24.1 Å². The lowest BCUT2D eigenvalue weighted by molar-refractivity contribution is -0.137. The number of halogens is 1. The standard InChI is InChI=1S/C21H21BrO3/c22-20-18(12-7-13-19(20)23)21(24-14-16-8-3-1-4-9-16)25-15-17-10-5-2-6-11-17/h1-6,8-11,21H,7,12-15H2. The summed E-state index contributed by atoms with van der Waals surface area (Å²) in [4.78, 5) is 12.0. The van der Waals surface area contributed by atoms with Gasteiger partial charge in [-0.2, -0.15) is 0 Å². The van der Waals surface area contributed by atoms with Crippen LogP contribution in [0.4, 0.5) is 0 Å². The highest BCUT2D eigenvalue weighted by atomic mass is 79.9. The minimum Gasteiger partial charge on any atom is -0.344 e. The van der Waals surface area contributed by atoms with Crippen molar-refractivity contribution in [2.75, 3.05) is 0 Å². The molecule has 1 aliphatic carbocycles. The summed E-state index contributed by atoms with van der Waals surface area (Å²) in [6, 6.07) is 20.0. The second kappa shape index (κ2) is 9.09. The molecule has 25 heavy (non-hydrogen) atoms. The van der Waals surface area contributed by atoms with Crippen molar-refractivity contribution in [1.29, 1.82) is 0 Å². The first-order valence-electron chi connectivity index (χ1n) is 8.47. The summed E-state index contributed by atoms with van der Waals surface area (Å²) < 4.78 is 12.7. The van der Waals surface area contributed by atoms with Gasteiger partial charge in [-0.25, -0.2) is 0 Å². The van der Waals surface area contributed by atoms with Crippen molar-refractivity contribution in [3.63, 3.8) is 0 Å². The molecule has 0 N–H and O–H groups in total. The molecule has 0 amide bonds. The van der Waals surface area contributed by atoms with Gasteiger partial charge in [-0.3, -0.25) is 4.79 Å². The third kappa shape index (κ3) is 5.11. The van der Waals surface area contributed by atoms with Crippen LogP contribution in [0.3, 0.4) is 0 Å². The minimum atomic E-state index is -0.529. The van der Waals surface area contributed by atoms with Crippen molar-refractivity contribution < 1.29 is 14.3 Å².